The standard InChI is InChI=1S/C11H14N2O3S/c1-17(15,16)13-10-7-9(12-11(10)14)8-5-3-2-4-6-8/h2-6,9-10,13H,7H2,1H3,(H,12,14). The summed E-state index contributed by atoms with van der Waals surface area (Å²) in [6.45, 7) is 0. The van der Waals surface area contributed by atoms with E-state index in [2.05, 4.69) is 10.0 Å². The van der Waals surface area contributed by atoms with Gasteiger partial charge in [0.2, 0.25) is 15.9 Å². The highest BCUT2D eigenvalue weighted by molar-refractivity contribution is 7.88. The Morgan fingerprint density at radius 3 is 2.53 bits per heavy atom. The van der Waals surface area contributed by atoms with Crippen LogP contribution in [0.15, 0.2) is 30.3 Å². The molecular formula is C11H14N2O3S. The Kier molecular flexibility index (Phi) is 3.17. The number of amides is 1. The summed E-state index contributed by atoms with van der Waals surface area (Å²) in [6.07, 6.45) is 1.49. The van der Waals surface area contributed by atoms with Crippen LogP contribution in [0.25, 0.3) is 0 Å². The molecule has 1 heterocycles. The maximum Gasteiger partial charge on any atom is 0.238 e. The summed E-state index contributed by atoms with van der Waals surface area (Å²) in [5.41, 5.74) is 0.985. The predicted octanol–water partition coefficient (Wildman–Crippen LogP) is 0.165. The predicted molar refractivity (Wildman–Crippen MR) is 63.7 cm³/mol. The van der Waals surface area contributed by atoms with Crippen LogP contribution in [0.3, 0.4) is 0 Å². The molecule has 1 aromatic rings. The summed E-state index contributed by atoms with van der Waals surface area (Å²) in [7, 11) is -3.36. The average Bonchev–Trinajstić information content (AvgIpc) is 2.59. The molecule has 2 atom stereocenters. The second-order valence-electron chi connectivity index (χ2n) is 4.15. The third-order valence-corrected chi connectivity index (χ3v) is 3.38. The van der Waals surface area contributed by atoms with Crippen molar-refractivity contribution in [3.8, 4) is 0 Å². The van der Waals surface area contributed by atoms with Crippen molar-refractivity contribution >= 4 is 15.9 Å². The smallest absolute Gasteiger partial charge is 0.238 e. The van der Waals surface area contributed by atoms with Crippen molar-refractivity contribution < 1.29 is 13.2 Å². The van der Waals surface area contributed by atoms with Gasteiger partial charge in [-0.1, -0.05) is 30.3 Å². The third kappa shape index (κ3) is 3.04. The van der Waals surface area contributed by atoms with Gasteiger partial charge in [-0.25, -0.2) is 13.1 Å². The largest absolute Gasteiger partial charge is 0.348 e. The molecular weight excluding hydrogens is 240 g/mol. The number of carbonyl (C=O) groups is 1. The quantitative estimate of drug-likeness (QED) is 0.807. The van der Waals surface area contributed by atoms with E-state index in [1.54, 1.807) is 0 Å². The van der Waals surface area contributed by atoms with Crippen LogP contribution in [0.1, 0.15) is 18.0 Å². The number of hydrogen-bond acceptors (Lipinski definition) is 3. The molecule has 6 heteroatoms. The molecule has 2 N–H and O–H groups in total. The topological polar surface area (TPSA) is 75.3 Å². The van der Waals surface area contributed by atoms with Crippen LogP contribution >= 0.6 is 0 Å². The molecule has 0 radical (unpaired) electrons. The van der Waals surface area contributed by atoms with E-state index in [9.17, 15) is 13.2 Å². The van der Waals surface area contributed by atoms with E-state index in [4.69, 9.17) is 0 Å². The Morgan fingerprint density at radius 2 is 1.94 bits per heavy atom. The van der Waals surface area contributed by atoms with Gasteiger partial charge in [0.05, 0.1) is 12.3 Å². The highest BCUT2D eigenvalue weighted by Crippen LogP contribution is 2.23. The second kappa shape index (κ2) is 4.46. The zero-order valence-electron chi connectivity index (χ0n) is 9.38. The van der Waals surface area contributed by atoms with Crippen LogP contribution in [-0.4, -0.2) is 26.6 Å². The molecule has 0 spiro atoms. The van der Waals surface area contributed by atoms with Crippen LogP contribution in [0.5, 0.6) is 0 Å². The highest BCUT2D eigenvalue weighted by Gasteiger charge is 2.34. The number of benzene rings is 1. The second-order valence-corrected chi connectivity index (χ2v) is 5.93. The number of sulfonamides is 1. The minimum Gasteiger partial charge on any atom is -0.348 e. The van der Waals surface area contributed by atoms with E-state index in [0.717, 1.165) is 11.8 Å². The van der Waals surface area contributed by atoms with Crippen molar-refractivity contribution in [3.05, 3.63) is 35.9 Å². The van der Waals surface area contributed by atoms with Crippen LogP contribution in [-0.2, 0) is 14.8 Å². The van der Waals surface area contributed by atoms with Crippen LogP contribution in [0, 0.1) is 0 Å². The van der Waals surface area contributed by atoms with E-state index < -0.39 is 16.1 Å². The molecule has 0 aliphatic carbocycles. The monoisotopic (exact) mass is 254 g/mol. The summed E-state index contributed by atoms with van der Waals surface area (Å²) in [5.74, 6) is -0.274. The zero-order chi connectivity index (χ0) is 12.5. The molecule has 0 aromatic heterocycles. The van der Waals surface area contributed by atoms with E-state index >= 15 is 0 Å². The first-order chi connectivity index (χ1) is 7.96. The van der Waals surface area contributed by atoms with Gasteiger partial charge in [0.15, 0.2) is 0 Å². The lowest BCUT2D eigenvalue weighted by atomic mass is 10.0. The van der Waals surface area contributed by atoms with Crippen molar-refractivity contribution in [1.82, 2.24) is 10.0 Å². The van der Waals surface area contributed by atoms with Crippen LogP contribution in [0.2, 0.25) is 0 Å². The molecule has 0 bridgehead atoms. The van der Waals surface area contributed by atoms with Crippen molar-refractivity contribution in [2.75, 3.05) is 6.26 Å². The van der Waals surface area contributed by atoms with E-state index in [1.165, 1.54) is 0 Å². The van der Waals surface area contributed by atoms with Crippen LogP contribution in [0.4, 0.5) is 0 Å². The Morgan fingerprint density at radius 1 is 1.29 bits per heavy atom. The molecule has 1 aliphatic heterocycles. The van der Waals surface area contributed by atoms with Crippen molar-refractivity contribution in [3.63, 3.8) is 0 Å². The molecule has 1 aliphatic rings. The third-order valence-electron chi connectivity index (χ3n) is 2.66. The van der Waals surface area contributed by atoms with Crippen molar-refractivity contribution in [2.24, 2.45) is 0 Å². The number of carbonyl (C=O) groups excluding carboxylic acids is 1. The van der Waals surface area contributed by atoms with Gasteiger partial charge < -0.3 is 5.32 Å². The molecule has 1 saturated heterocycles. The average molecular weight is 254 g/mol. The lowest BCUT2D eigenvalue weighted by Crippen LogP contribution is -2.39. The molecule has 2 unspecified atom stereocenters. The normalized spacial score (nSPS) is 24.6. The van der Waals surface area contributed by atoms with E-state index in [0.29, 0.717) is 6.42 Å². The molecule has 1 fully saturated rings. The summed E-state index contributed by atoms with van der Waals surface area (Å²) in [4.78, 5) is 11.6. The summed E-state index contributed by atoms with van der Waals surface area (Å²) >= 11 is 0. The fourth-order valence-electron chi connectivity index (χ4n) is 1.94. The van der Waals surface area contributed by atoms with Gasteiger partial charge in [-0.15, -0.1) is 0 Å². The van der Waals surface area contributed by atoms with Gasteiger partial charge in [-0.3, -0.25) is 4.79 Å². The van der Waals surface area contributed by atoms with Crippen molar-refractivity contribution in [2.45, 2.75) is 18.5 Å². The van der Waals surface area contributed by atoms with Crippen LogP contribution < -0.4 is 10.0 Å². The van der Waals surface area contributed by atoms with Gasteiger partial charge in [-0.2, -0.15) is 0 Å². The summed E-state index contributed by atoms with van der Waals surface area (Å²) in [6, 6.07) is 8.70. The maximum absolute atomic E-state index is 11.6. The zero-order valence-corrected chi connectivity index (χ0v) is 10.2. The fraction of sp³-hybridized carbons (Fsp3) is 0.364. The number of hydrogen-bond donors (Lipinski definition) is 2. The molecule has 92 valence electrons. The van der Waals surface area contributed by atoms with Gasteiger partial charge in [0, 0.05) is 0 Å². The van der Waals surface area contributed by atoms with Gasteiger partial charge >= 0.3 is 0 Å². The summed E-state index contributed by atoms with van der Waals surface area (Å²) in [5, 5.41) is 2.78. The molecule has 2 rings (SSSR count). The SMILES string of the molecule is CS(=O)(=O)NC1CC(c2ccccc2)NC1=O. The lowest BCUT2D eigenvalue weighted by Gasteiger charge is -2.09. The summed E-state index contributed by atoms with van der Waals surface area (Å²) < 4.78 is 24.5. The number of nitrogens with one attached hydrogen (secondary N) is 2. The highest BCUT2D eigenvalue weighted by atomic mass is 32.2. The van der Waals surface area contributed by atoms with Gasteiger partial charge in [-0.05, 0) is 12.0 Å². The maximum atomic E-state index is 11.6. The lowest BCUT2D eigenvalue weighted by molar-refractivity contribution is -0.120. The van der Waals surface area contributed by atoms with Gasteiger partial charge in [0.1, 0.15) is 6.04 Å². The minimum absolute atomic E-state index is 0.122. The number of rotatable bonds is 3. The first kappa shape index (κ1) is 12.1. The Bertz CT molecular complexity index is 513. The Balaban J connectivity index is 2.10. The first-order valence-electron chi connectivity index (χ1n) is 5.28. The fourth-order valence-corrected chi connectivity index (χ4v) is 2.66. The molecule has 17 heavy (non-hydrogen) atoms. The first-order valence-corrected chi connectivity index (χ1v) is 7.17. The Hall–Kier alpha value is -1.40. The van der Waals surface area contributed by atoms with E-state index in [-0.39, 0.29) is 11.9 Å². The van der Waals surface area contributed by atoms with Crippen molar-refractivity contribution in [1.29, 1.82) is 0 Å². The van der Waals surface area contributed by atoms with Gasteiger partial charge in [0.25, 0.3) is 0 Å². The molecule has 1 amide bonds. The molecule has 0 saturated carbocycles. The van der Waals surface area contributed by atoms with E-state index in [1.807, 2.05) is 30.3 Å². The Labute approximate surface area is 100 Å². The minimum atomic E-state index is -3.36. The molecule has 1 aromatic carbocycles. The molecule has 5 nitrogen and oxygen atoms in total.